The topological polar surface area (TPSA) is 91.4 Å². The monoisotopic (exact) mass is 357 g/mol. The lowest BCUT2D eigenvalue weighted by Gasteiger charge is -2.37. The van der Waals surface area contributed by atoms with Gasteiger partial charge in [-0.3, -0.25) is 14.5 Å². The van der Waals surface area contributed by atoms with Crippen molar-refractivity contribution in [3.8, 4) is 0 Å². The summed E-state index contributed by atoms with van der Waals surface area (Å²) >= 11 is 0. The van der Waals surface area contributed by atoms with Crippen LogP contribution in [-0.4, -0.2) is 68.0 Å². The van der Waals surface area contributed by atoms with Crippen LogP contribution in [0.25, 0.3) is 0 Å². The number of piperidine rings is 1. The van der Waals surface area contributed by atoms with Gasteiger partial charge in [0.2, 0.25) is 0 Å². The van der Waals surface area contributed by atoms with Gasteiger partial charge in [0.15, 0.2) is 5.78 Å². The fraction of sp³-hybridized carbons (Fsp3) is 0.706. The Labute approximate surface area is 148 Å². The minimum absolute atomic E-state index is 0.0324. The largest absolute Gasteiger partial charge is 0.459 e. The third kappa shape index (κ3) is 6.83. The van der Waals surface area contributed by atoms with Crippen LogP contribution in [0.4, 0.5) is 4.79 Å². The zero-order valence-corrected chi connectivity index (χ0v) is 15.3. The number of hydrogen-bond donors (Lipinski definition) is 0. The molecule has 8 heteroatoms. The molecule has 2 atom stereocenters. The van der Waals surface area contributed by atoms with Gasteiger partial charge in [0.1, 0.15) is 24.9 Å². The Hall–Kier alpha value is -1.93. The van der Waals surface area contributed by atoms with E-state index in [1.807, 2.05) is 0 Å². The lowest BCUT2D eigenvalue weighted by molar-refractivity contribution is -0.165. The van der Waals surface area contributed by atoms with E-state index in [0.717, 1.165) is 0 Å². The Morgan fingerprint density at radius 2 is 2.04 bits per heavy atom. The summed E-state index contributed by atoms with van der Waals surface area (Å²) in [6, 6.07) is -0.498. The summed E-state index contributed by atoms with van der Waals surface area (Å²) in [5, 5.41) is 0. The van der Waals surface area contributed by atoms with Crippen LogP contribution in [0.3, 0.4) is 0 Å². The van der Waals surface area contributed by atoms with E-state index >= 15 is 0 Å². The molecule has 8 nitrogen and oxygen atoms in total. The molecule has 1 fully saturated rings. The maximum atomic E-state index is 12.3. The maximum Gasteiger partial charge on any atom is 0.410 e. The van der Waals surface area contributed by atoms with Gasteiger partial charge < -0.3 is 18.9 Å². The zero-order valence-electron chi connectivity index (χ0n) is 15.3. The molecule has 0 radical (unpaired) electrons. The number of hydrogen-bond acceptors (Lipinski definition) is 7. The van der Waals surface area contributed by atoms with E-state index < -0.39 is 29.6 Å². The van der Waals surface area contributed by atoms with Crippen LogP contribution in [0.1, 0.15) is 27.2 Å². The van der Waals surface area contributed by atoms with E-state index in [0.29, 0.717) is 0 Å². The molecule has 1 aliphatic rings. The summed E-state index contributed by atoms with van der Waals surface area (Å²) in [5.41, 5.74) is -0.695. The van der Waals surface area contributed by atoms with Crippen molar-refractivity contribution in [2.24, 2.45) is 5.92 Å². The van der Waals surface area contributed by atoms with Gasteiger partial charge in [0, 0.05) is 7.11 Å². The van der Waals surface area contributed by atoms with Crippen LogP contribution in [-0.2, 0) is 28.5 Å². The lowest BCUT2D eigenvalue weighted by atomic mass is 9.90. The number of esters is 1. The fourth-order valence-electron chi connectivity index (χ4n) is 2.39. The summed E-state index contributed by atoms with van der Waals surface area (Å²) in [5.74, 6) is -1.90. The van der Waals surface area contributed by atoms with Crippen LogP contribution >= 0.6 is 0 Å². The second-order valence-electron chi connectivity index (χ2n) is 6.71. The molecule has 1 unspecified atom stereocenters. The molecule has 0 saturated carbocycles. The first-order chi connectivity index (χ1) is 11.7. The number of Topliss-reactive ketones (excluding diaryl/α,β-unsaturated/α-hetero) is 1. The van der Waals surface area contributed by atoms with Crippen molar-refractivity contribution < 1.29 is 33.3 Å². The Kier molecular flexibility index (Phi) is 8.05. The number of carbonyl (C=O) groups excluding carboxylic acids is 3. The average molecular weight is 357 g/mol. The minimum atomic E-state index is -0.932. The number of likely N-dealkylation sites (tertiary alicyclic amines) is 1. The number of nitrogens with zero attached hydrogens (tertiary/aromatic N) is 1. The molecule has 0 spiro atoms. The summed E-state index contributed by atoms with van der Waals surface area (Å²) in [7, 11) is 1.48. The van der Waals surface area contributed by atoms with Crippen LogP contribution in [0.5, 0.6) is 0 Å². The Bertz CT molecular complexity index is 498. The molecule has 0 aromatic carbocycles. The Balaban J connectivity index is 2.85. The molecular weight excluding hydrogens is 330 g/mol. The molecule has 1 aliphatic heterocycles. The van der Waals surface area contributed by atoms with Crippen molar-refractivity contribution in [3.05, 3.63) is 12.7 Å². The van der Waals surface area contributed by atoms with Crippen LogP contribution in [0.2, 0.25) is 0 Å². The minimum Gasteiger partial charge on any atom is -0.459 e. The van der Waals surface area contributed by atoms with Crippen molar-refractivity contribution in [1.82, 2.24) is 4.90 Å². The second kappa shape index (κ2) is 9.53. The van der Waals surface area contributed by atoms with Gasteiger partial charge in [0.25, 0.3) is 0 Å². The molecule has 0 aromatic rings. The molecule has 0 aliphatic carbocycles. The number of ether oxygens (including phenoxy) is 4. The van der Waals surface area contributed by atoms with E-state index in [9.17, 15) is 14.4 Å². The third-order valence-corrected chi connectivity index (χ3v) is 3.43. The molecule has 142 valence electrons. The third-order valence-electron chi connectivity index (χ3n) is 3.43. The first-order valence-electron chi connectivity index (χ1n) is 8.06. The lowest BCUT2D eigenvalue weighted by Crippen LogP contribution is -2.54. The number of rotatable bonds is 7. The van der Waals surface area contributed by atoms with Crippen molar-refractivity contribution in [2.45, 2.75) is 38.8 Å². The van der Waals surface area contributed by atoms with Crippen molar-refractivity contribution in [3.63, 3.8) is 0 Å². The van der Waals surface area contributed by atoms with Crippen LogP contribution in [0.15, 0.2) is 12.7 Å². The van der Waals surface area contributed by atoms with E-state index in [1.54, 1.807) is 20.8 Å². The maximum absolute atomic E-state index is 12.3. The summed E-state index contributed by atoms with van der Waals surface area (Å²) in [6.07, 6.45) is 0.895. The first kappa shape index (κ1) is 21.1. The normalized spacial score (nSPS) is 21.0. The highest BCUT2D eigenvalue weighted by atomic mass is 16.7. The van der Waals surface area contributed by atoms with Gasteiger partial charge in [-0.1, -0.05) is 12.7 Å². The van der Waals surface area contributed by atoms with Crippen LogP contribution in [0, 0.1) is 5.92 Å². The van der Waals surface area contributed by atoms with Gasteiger partial charge >= 0.3 is 12.1 Å². The zero-order chi connectivity index (χ0) is 19.0. The highest BCUT2D eigenvalue weighted by Gasteiger charge is 2.42. The van der Waals surface area contributed by atoms with Crippen molar-refractivity contribution >= 4 is 17.8 Å². The van der Waals surface area contributed by atoms with Crippen LogP contribution < -0.4 is 0 Å². The van der Waals surface area contributed by atoms with E-state index in [-0.39, 0.29) is 38.8 Å². The number of amides is 1. The van der Waals surface area contributed by atoms with Gasteiger partial charge in [0.05, 0.1) is 19.2 Å². The van der Waals surface area contributed by atoms with Crippen molar-refractivity contribution in [1.29, 1.82) is 0 Å². The van der Waals surface area contributed by atoms with E-state index in [4.69, 9.17) is 18.9 Å². The van der Waals surface area contributed by atoms with E-state index in [2.05, 4.69) is 6.58 Å². The van der Waals surface area contributed by atoms with Crippen molar-refractivity contribution in [2.75, 3.05) is 33.7 Å². The van der Waals surface area contributed by atoms with E-state index in [1.165, 1.54) is 18.1 Å². The molecule has 1 heterocycles. The molecule has 1 amide bonds. The number of carbonyl (C=O) groups is 3. The summed E-state index contributed by atoms with van der Waals surface area (Å²) < 4.78 is 20.5. The number of methoxy groups -OCH3 is 1. The quantitative estimate of drug-likeness (QED) is 0.224. The predicted molar refractivity (Wildman–Crippen MR) is 88.8 cm³/mol. The number of ketones is 1. The second-order valence-corrected chi connectivity index (χ2v) is 6.71. The van der Waals surface area contributed by atoms with Gasteiger partial charge in [-0.15, -0.1) is 0 Å². The highest BCUT2D eigenvalue weighted by Crippen LogP contribution is 2.25. The average Bonchev–Trinajstić information content (AvgIpc) is 2.52. The molecule has 0 N–H and O–H groups in total. The van der Waals surface area contributed by atoms with Gasteiger partial charge in [-0.25, -0.2) is 4.79 Å². The molecule has 1 saturated heterocycles. The Morgan fingerprint density at radius 1 is 1.36 bits per heavy atom. The Morgan fingerprint density at radius 3 is 2.60 bits per heavy atom. The molecular formula is C17H27NO7. The molecule has 0 aromatic heterocycles. The fourth-order valence-corrected chi connectivity index (χ4v) is 2.39. The molecule has 25 heavy (non-hydrogen) atoms. The highest BCUT2D eigenvalue weighted by molar-refractivity contribution is 6.01. The predicted octanol–water partition coefficient (Wildman–Crippen LogP) is 1.53. The SMILES string of the molecule is C=CCOC(=O)N1CC(=O)C(C(=O)OC(C)(C)C)C[C@@H]1COCOC. The summed E-state index contributed by atoms with van der Waals surface area (Å²) in [4.78, 5) is 38.1. The smallest absolute Gasteiger partial charge is 0.410 e. The van der Waals surface area contributed by atoms with Gasteiger partial charge in [-0.05, 0) is 27.2 Å². The first-order valence-corrected chi connectivity index (χ1v) is 8.06. The molecule has 1 rings (SSSR count). The molecule has 0 bridgehead atoms. The summed E-state index contributed by atoms with van der Waals surface area (Å²) in [6.45, 7) is 8.62. The van der Waals surface area contributed by atoms with Gasteiger partial charge in [-0.2, -0.15) is 0 Å². The standard InChI is InChI=1S/C17H27NO7/c1-6-7-24-16(21)18-9-14(19)13(15(20)25-17(2,3)4)8-12(18)10-23-11-22-5/h6,12-13H,1,7-11H2,2-5H3/t12-,13?/m1/s1.